The Bertz CT molecular complexity index is 356. The van der Waals surface area contributed by atoms with Gasteiger partial charge in [-0.1, -0.05) is 6.92 Å². The molecule has 1 heterocycles. The third-order valence-corrected chi connectivity index (χ3v) is 2.50. The van der Waals surface area contributed by atoms with E-state index in [9.17, 15) is 5.11 Å². The van der Waals surface area contributed by atoms with E-state index in [4.69, 9.17) is 5.26 Å². The van der Waals surface area contributed by atoms with Crippen molar-refractivity contribution in [2.75, 3.05) is 18.5 Å². The van der Waals surface area contributed by atoms with Gasteiger partial charge in [-0.25, -0.2) is 0 Å². The standard InChI is InChI=1S/C12H17N3O/c1-3-12(16)11-6-5-10(9-14-11)15(2)8-4-7-13/h5-6,9,12,16H,3-4,8H2,1-2H3/t12-/m0/s1. The maximum atomic E-state index is 9.58. The van der Waals surface area contributed by atoms with E-state index in [0.29, 0.717) is 25.1 Å². The van der Waals surface area contributed by atoms with Crippen LogP contribution in [0.5, 0.6) is 0 Å². The summed E-state index contributed by atoms with van der Waals surface area (Å²) in [6, 6.07) is 5.85. The molecule has 1 N–H and O–H groups in total. The van der Waals surface area contributed by atoms with E-state index in [1.165, 1.54) is 0 Å². The van der Waals surface area contributed by atoms with E-state index in [1.807, 2.05) is 31.0 Å². The minimum absolute atomic E-state index is 0.488. The van der Waals surface area contributed by atoms with Crippen molar-refractivity contribution in [3.8, 4) is 6.07 Å². The lowest BCUT2D eigenvalue weighted by Crippen LogP contribution is -2.18. The summed E-state index contributed by atoms with van der Waals surface area (Å²) in [4.78, 5) is 6.17. The number of aliphatic hydroxyl groups is 1. The van der Waals surface area contributed by atoms with E-state index in [0.717, 1.165) is 5.69 Å². The van der Waals surface area contributed by atoms with Crippen molar-refractivity contribution < 1.29 is 5.11 Å². The normalized spacial score (nSPS) is 11.9. The van der Waals surface area contributed by atoms with Crippen LogP contribution in [-0.2, 0) is 0 Å². The topological polar surface area (TPSA) is 60.1 Å². The van der Waals surface area contributed by atoms with E-state index < -0.39 is 6.10 Å². The second-order valence-electron chi connectivity index (χ2n) is 3.69. The highest BCUT2D eigenvalue weighted by Gasteiger charge is 2.07. The van der Waals surface area contributed by atoms with Gasteiger partial charge in [-0.3, -0.25) is 4.98 Å². The minimum atomic E-state index is -0.488. The number of nitriles is 1. The molecule has 0 saturated heterocycles. The molecule has 1 aromatic heterocycles. The molecule has 0 aliphatic carbocycles. The largest absolute Gasteiger partial charge is 0.387 e. The fraction of sp³-hybridized carbons (Fsp3) is 0.500. The van der Waals surface area contributed by atoms with Gasteiger partial charge in [0.05, 0.1) is 36.2 Å². The lowest BCUT2D eigenvalue weighted by atomic mass is 10.2. The number of rotatable bonds is 5. The summed E-state index contributed by atoms with van der Waals surface area (Å²) in [5.74, 6) is 0. The Labute approximate surface area is 96.2 Å². The summed E-state index contributed by atoms with van der Waals surface area (Å²) < 4.78 is 0. The van der Waals surface area contributed by atoms with Crippen LogP contribution in [0.15, 0.2) is 18.3 Å². The molecule has 4 heteroatoms. The summed E-state index contributed by atoms with van der Waals surface area (Å²) in [6.07, 6.45) is 2.40. The number of hydrogen-bond acceptors (Lipinski definition) is 4. The summed E-state index contributed by atoms with van der Waals surface area (Å²) in [5, 5.41) is 18.1. The van der Waals surface area contributed by atoms with Crippen molar-refractivity contribution in [3.05, 3.63) is 24.0 Å². The number of nitrogens with zero attached hydrogens (tertiary/aromatic N) is 3. The van der Waals surface area contributed by atoms with Gasteiger partial charge < -0.3 is 10.0 Å². The predicted molar refractivity (Wildman–Crippen MR) is 63.0 cm³/mol. The van der Waals surface area contributed by atoms with Crippen LogP contribution in [-0.4, -0.2) is 23.7 Å². The fourth-order valence-electron chi connectivity index (χ4n) is 1.38. The number of aliphatic hydroxyl groups excluding tert-OH is 1. The molecule has 1 rings (SSSR count). The van der Waals surface area contributed by atoms with Gasteiger partial charge in [0.1, 0.15) is 0 Å². The van der Waals surface area contributed by atoms with Crippen molar-refractivity contribution in [3.63, 3.8) is 0 Å². The van der Waals surface area contributed by atoms with Crippen molar-refractivity contribution >= 4 is 5.69 Å². The van der Waals surface area contributed by atoms with Crippen molar-refractivity contribution in [2.24, 2.45) is 0 Å². The molecule has 16 heavy (non-hydrogen) atoms. The van der Waals surface area contributed by atoms with Gasteiger partial charge in [0.15, 0.2) is 0 Å². The molecule has 0 aliphatic heterocycles. The van der Waals surface area contributed by atoms with Gasteiger partial charge in [-0.15, -0.1) is 0 Å². The zero-order valence-electron chi connectivity index (χ0n) is 9.72. The van der Waals surface area contributed by atoms with Crippen LogP contribution >= 0.6 is 0 Å². The maximum Gasteiger partial charge on any atom is 0.0957 e. The summed E-state index contributed by atoms with van der Waals surface area (Å²) in [6.45, 7) is 2.60. The van der Waals surface area contributed by atoms with Crippen LogP contribution in [0.2, 0.25) is 0 Å². The van der Waals surface area contributed by atoms with Gasteiger partial charge in [-0.2, -0.15) is 5.26 Å². The molecule has 0 aliphatic rings. The van der Waals surface area contributed by atoms with Gasteiger partial charge in [0.25, 0.3) is 0 Å². The van der Waals surface area contributed by atoms with Crippen LogP contribution in [0.1, 0.15) is 31.6 Å². The van der Waals surface area contributed by atoms with Gasteiger partial charge >= 0.3 is 0 Å². The van der Waals surface area contributed by atoms with Crippen LogP contribution < -0.4 is 4.90 Å². The minimum Gasteiger partial charge on any atom is -0.387 e. The molecule has 0 radical (unpaired) electrons. The first kappa shape index (κ1) is 12.5. The summed E-state index contributed by atoms with van der Waals surface area (Å²) in [5.41, 5.74) is 1.65. The third kappa shape index (κ3) is 3.21. The molecule has 1 atom stereocenters. The molecule has 0 fully saturated rings. The highest BCUT2D eigenvalue weighted by atomic mass is 16.3. The predicted octanol–water partition coefficient (Wildman–Crippen LogP) is 1.87. The maximum absolute atomic E-state index is 9.58. The Balaban J connectivity index is 2.67. The molecule has 4 nitrogen and oxygen atoms in total. The lowest BCUT2D eigenvalue weighted by Gasteiger charge is -2.17. The van der Waals surface area contributed by atoms with E-state index in [-0.39, 0.29) is 0 Å². The first-order chi connectivity index (χ1) is 7.69. The molecule has 0 spiro atoms. The number of hydrogen-bond donors (Lipinski definition) is 1. The van der Waals surface area contributed by atoms with Gasteiger partial charge in [-0.05, 0) is 18.6 Å². The van der Waals surface area contributed by atoms with Crippen molar-refractivity contribution in [2.45, 2.75) is 25.9 Å². The first-order valence-corrected chi connectivity index (χ1v) is 5.41. The third-order valence-electron chi connectivity index (χ3n) is 2.50. The van der Waals surface area contributed by atoms with Gasteiger partial charge in [0, 0.05) is 13.6 Å². The zero-order valence-corrected chi connectivity index (χ0v) is 9.72. The average molecular weight is 219 g/mol. The monoisotopic (exact) mass is 219 g/mol. The second kappa shape index (κ2) is 6.09. The van der Waals surface area contributed by atoms with E-state index in [1.54, 1.807) is 6.20 Å². The highest BCUT2D eigenvalue weighted by molar-refractivity contribution is 5.43. The molecule has 0 unspecified atom stereocenters. The number of anilines is 1. The van der Waals surface area contributed by atoms with E-state index >= 15 is 0 Å². The first-order valence-electron chi connectivity index (χ1n) is 5.41. The number of aromatic nitrogens is 1. The Morgan fingerprint density at radius 3 is 2.81 bits per heavy atom. The Kier molecular flexibility index (Phi) is 4.74. The Hall–Kier alpha value is -1.60. The highest BCUT2D eigenvalue weighted by Crippen LogP contribution is 2.17. The number of pyridine rings is 1. The molecule has 0 aromatic carbocycles. The molecular formula is C12H17N3O. The van der Waals surface area contributed by atoms with Crippen LogP contribution in [0.3, 0.4) is 0 Å². The lowest BCUT2D eigenvalue weighted by molar-refractivity contribution is 0.169. The molecule has 0 bridgehead atoms. The molecule has 0 amide bonds. The summed E-state index contributed by atoms with van der Waals surface area (Å²) in [7, 11) is 1.92. The zero-order chi connectivity index (χ0) is 12.0. The van der Waals surface area contributed by atoms with Crippen LogP contribution in [0.25, 0.3) is 0 Å². The summed E-state index contributed by atoms with van der Waals surface area (Å²) >= 11 is 0. The molecule has 1 aromatic rings. The van der Waals surface area contributed by atoms with E-state index in [2.05, 4.69) is 11.1 Å². The molecule has 86 valence electrons. The molecule has 0 saturated carbocycles. The van der Waals surface area contributed by atoms with Crippen LogP contribution in [0, 0.1) is 11.3 Å². The second-order valence-corrected chi connectivity index (χ2v) is 3.69. The Morgan fingerprint density at radius 2 is 2.31 bits per heavy atom. The van der Waals surface area contributed by atoms with Crippen LogP contribution in [0.4, 0.5) is 5.69 Å². The Morgan fingerprint density at radius 1 is 1.56 bits per heavy atom. The van der Waals surface area contributed by atoms with Crippen molar-refractivity contribution in [1.29, 1.82) is 5.26 Å². The average Bonchev–Trinajstić information content (AvgIpc) is 2.35. The smallest absolute Gasteiger partial charge is 0.0957 e. The SMILES string of the molecule is CC[C@H](O)c1ccc(N(C)CCC#N)cn1. The molecular weight excluding hydrogens is 202 g/mol. The fourth-order valence-corrected chi connectivity index (χ4v) is 1.38. The van der Waals surface area contributed by atoms with Gasteiger partial charge in [0.2, 0.25) is 0 Å². The van der Waals surface area contributed by atoms with Crippen molar-refractivity contribution in [1.82, 2.24) is 4.98 Å². The quantitative estimate of drug-likeness (QED) is 0.821.